The minimum absolute atomic E-state index is 0.127. The second kappa shape index (κ2) is 8.98. The van der Waals surface area contributed by atoms with Crippen molar-refractivity contribution < 1.29 is 14.3 Å². The molecule has 0 aliphatic heterocycles. The van der Waals surface area contributed by atoms with E-state index in [1.54, 1.807) is 6.21 Å². The van der Waals surface area contributed by atoms with Gasteiger partial charge >= 0.3 is 6.09 Å². The van der Waals surface area contributed by atoms with E-state index >= 15 is 0 Å². The number of nitrogens with one attached hydrogen (secondary N) is 1. The van der Waals surface area contributed by atoms with Crippen LogP contribution in [0.1, 0.15) is 61.8 Å². The van der Waals surface area contributed by atoms with Crippen LogP contribution >= 0.6 is 0 Å². The lowest BCUT2D eigenvalue weighted by atomic mass is 10.2. The Labute approximate surface area is 135 Å². The van der Waals surface area contributed by atoms with Gasteiger partial charge in [0.1, 0.15) is 11.8 Å². The number of hydrogen-bond acceptors (Lipinski definition) is 5. The summed E-state index contributed by atoms with van der Waals surface area (Å²) in [6, 6.07) is 0. The van der Waals surface area contributed by atoms with Crippen LogP contribution in [0.2, 0.25) is 0 Å². The molecule has 0 saturated heterocycles. The maximum Gasteiger partial charge on any atom is 0.407 e. The van der Waals surface area contributed by atoms with Gasteiger partial charge in [-0.3, -0.25) is 5.01 Å². The lowest BCUT2D eigenvalue weighted by Crippen LogP contribution is -2.39. The largest absolute Gasteiger partial charge is 0.444 e. The van der Waals surface area contributed by atoms with E-state index in [9.17, 15) is 4.79 Å². The summed E-state index contributed by atoms with van der Waals surface area (Å²) in [5, 5.41) is 8.94. The molecule has 0 radical (unpaired) electrons. The number of amides is 1. The summed E-state index contributed by atoms with van der Waals surface area (Å²) in [7, 11) is 0. The first kappa shape index (κ1) is 20.7. The number of ether oxygens (including phenoxy) is 2. The Kier molecular flexibility index (Phi) is 8.45. The van der Waals surface area contributed by atoms with Crippen molar-refractivity contribution in [3.05, 3.63) is 0 Å². The number of rotatable bonds is 7. The van der Waals surface area contributed by atoms with Gasteiger partial charge in [-0.15, -0.1) is 0 Å². The Balaban J connectivity index is 4.19. The van der Waals surface area contributed by atoms with E-state index in [4.69, 9.17) is 9.47 Å². The second-order valence-corrected chi connectivity index (χ2v) is 7.15. The molecule has 0 bridgehead atoms. The molecule has 0 spiro atoms. The molecule has 0 aliphatic carbocycles. The van der Waals surface area contributed by atoms with Gasteiger partial charge < -0.3 is 14.8 Å². The first-order chi connectivity index (χ1) is 9.94. The molecular weight excluding hydrogens is 282 g/mol. The molecule has 0 fully saturated rings. The molecule has 0 aromatic carbocycles. The van der Waals surface area contributed by atoms with Crippen molar-refractivity contribution in [2.75, 3.05) is 13.1 Å². The monoisotopic (exact) mass is 315 g/mol. The van der Waals surface area contributed by atoms with Crippen molar-refractivity contribution in [1.82, 2.24) is 10.3 Å². The summed E-state index contributed by atoms with van der Waals surface area (Å²) in [6.45, 7) is 16.6. The summed E-state index contributed by atoms with van der Waals surface area (Å²) in [4.78, 5) is 11.5. The summed E-state index contributed by atoms with van der Waals surface area (Å²) in [5.74, 6) is 0. The molecule has 22 heavy (non-hydrogen) atoms. The first-order valence-electron chi connectivity index (χ1n) is 7.84. The first-order valence-corrected chi connectivity index (χ1v) is 7.84. The van der Waals surface area contributed by atoms with Crippen LogP contribution in [0, 0.1) is 0 Å². The average Bonchev–Trinajstić information content (AvgIpc) is 2.28. The summed E-state index contributed by atoms with van der Waals surface area (Å²) in [6.07, 6.45) is 1.98. The van der Waals surface area contributed by atoms with Gasteiger partial charge in [0.15, 0.2) is 0 Å². The maximum atomic E-state index is 11.5. The van der Waals surface area contributed by atoms with Crippen molar-refractivity contribution in [2.45, 2.75) is 79.2 Å². The zero-order chi connectivity index (χ0) is 17.4. The molecule has 0 heterocycles. The van der Waals surface area contributed by atoms with Crippen molar-refractivity contribution in [3.63, 3.8) is 0 Å². The van der Waals surface area contributed by atoms with Crippen LogP contribution in [-0.4, -0.2) is 47.8 Å². The number of hydrogen-bond donors (Lipinski definition) is 1. The number of carbonyl (C=O) groups excluding carboxylic acids is 1. The van der Waals surface area contributed by atoms with Gasteiger partial charge in [0.05, 0.1) is 5.60 Å². The Hall–Kier alpha value is -1.30. The number of nitrogens with zero attached hydrogens (tertiary/aromatic N) is 2. The van der Waals surface area contributed by atoms with E-state index in [0.29, 0.717) is 13.1 Å². The fourth-order valence-corrected chi connectivity index (χ4v) is 1.80. The van der Waals surface area contributed by atoms with Crippen LogP contribution in [-0.2, 0) is 9.47 Å². The summed E-state index contributed by atoms with van der Waals surface area (Å²) < 4.78 is 11.1. The van der Waals surface area contributed by atoms with E-state index in [-0.39, 0.29) is 11.8 Å². The fourth-order valence-electron chi connectivity index (χ4n) is 1.80. The smallest absolute Gasteiger partial charge is 0.407 e. The number of alkyl carbamates (subject to hydrolysis) is 1. The van der Waals surface area contributed by atoms with Gasteiger partial charge in [0.25, 0.3) is 0 Å². The standard InChI is InChI=1S/C16H33N3O3/c1-9-18-19(13(2)21-15(3,4)5)12-10-11-17-14(20)22-16(6,7)8/h9,13H,10-12H2,1-8H3,(H,17,20)/b18-9-. The minimum Gasteiger partial charge on any atom is -0.444 e. The molecule has 0 aromatic rings. The topological polar surface area (TPSA) is 63.2 Å². The van der Waals surface area contributed by atoms with E-state index < -0.39 is 11.7 Å². The predicted molar refractivity (Wildman–Crippen MR) is 90.0 cm³/mol. The molecule has 6 heteroatoms. The molecule has 0 aromatic heterocycles. The van der Waals surface area contributed by atoms with Crippen LogP contribution in [0.25, 0.3) is 0 Å². The second-order valence-electron chi connectivity index (χ2n) is 7.15. The highest BCUT2D eigenvalue weighted by Crippen LogP contribution is 2.14. The third-order valence-corrected chi connectivity index (χ3v) is 2.44. The lowest BCUT2D eigenvalue weighted by molar-refractivity contribution is -0.123. The van der Waals surface area contributed by atoms with Crippen LogP contribution in [0.5, 0.6) is 0 Å². The molecule has 0 saturated carbocycles. The zero-order valence-electron chi connectivity index (χ0n) is 15.4. The molecule has 0 aliphatic rings. The van der Waals surface area contributed by atoms with Crippen molar-refractivity contribution in [1.29, 1.82) is 0 Å². The average molecular weight is 315 g/mol. The predicted octanol–water partition coefficient (Wildman–Crippen LogP) is 3.37. The Bertz CT molecular complexity index is 357. The molecule has 0 rings (SSSR count). The highest BCUT2D eigenvalue weighted by molar-refractivity contribution is 5.67. The highest BCUT2D eigenvalue weighted by Gasteiger charge is 2.20. The van der Waals surface area contributed by atoms with Crippen molar-refractivity contribution >= 4 is 12.3 Å². The summed E-state index contributed by atoms with van der Waals surface area (Å²) >= 11 is 0. The molecule has 1 amide bonds. The minimum atomic E-state index is -0.475. The number of hydrazone groups is 1. The molecule has 1 atom stereocenters. The zero-order valence-corrected chi connectivity index (χ0v) is 15.4. The van der Waals surface area contributed by atoms with E-state index in [1.165, 1.54) is 0 Å². The van der Waals surface area contributed by atoms with E-state index in [2.05, 4.69) is 10.4 Å². The van der Waals surface area contributed by atoms with Gasteiger partial charge in [-0.25, -0.2) is 4.79 Å². The van der Waals surface area contributed by atoms with Gasteiger partial charge in [-0.05, 0) is 61.8 Å². The van der Waals surface area contributed by atoms with Crippen molar-refractivity contribution in [2.24, 2.45) is 5.10 Å². The van der Waals surface area contributed by atoms with Crippen LogP contribution < -0.4 is 5.32 Å². The molecule has 6 nitrogen and oxygen atoms in total. The molecular formula is C16H33N3O3. The maximum absolute atomic E-state index is 11.5. The van der Waals surface area contributed by atoms with Gasteiger partial charge in [-0.1, -0.05) is 0 Å². The van der Waals surface area contributed by atoms with Crippen LogP contribution in [0.15, 0.2) is 5.10 Å². The quantitative estimate of drug-likeness (QED) is 0.339. The van der Waals surface area contributed by atoms with E-state index in [0.717, 1.165) is 6.42 Å². The molecule has 1 N–H and O–H groups in total. The Morgan fingerprint density at radius 3 is 2.27 bits per heavy atom. The van der Waals surface area contributed by atoms with Gasteiger partial charge in [0.2, 0.25) is 0 Å². The van der Waals surface area contributed by atoms with Crippen molar-refractivity contribution in [3.8, 4) is 0 Å². The third-order valence-electron chi connectivity index (χ3n) is 2.44. The lowest BCUT2D eigenvalue weighted by Gasteiger charge is -2.32. The summed E-state index contributed by atoms with van der Waals surface area (Å²) in [5.41, 5.74) is -0.701. The number of carbonyl (C=O) groups is 1. The van der Waals surface area contributed by atoms with Crippen LogP contribution in [0.3, 0.4) is 0 Å². The fraction of sp³-hybridized carbons (Fsp3) is 0.875. The Morgan fingerprint density at radius 1 is 1.23 bits per heavy atom. The van der Waals surface area contributed by atoms with Crippen LogP contribution in [0.4, 0.5) is 4.79 Å². The Morgan fingerprint density at radius 2 is 1.82 bits per heavy atom. The molecule has 1 unspecified atom stereocenters. The highest BCUT2D eigenvalue weighted by atomic mass is 16.6. The van der Waals surface area contributed by atoms with Gasteiger partial charge in [-0.2, -0.15) is 5.10 Å². The third kappa shape index (κ3) is 11.4. The normalized spacial score (nSPS) is 14.0. The molecule has 130 valence electrons. The van der Waals surface area contributed by atoms with Gasteiger partial charge in [0, 0.05) is 19.3 Å². The van der Waals surface area contributed by atoms with E-state index in [1.807, 2.05) is 60.4 Å². The SMILES string of the molecule is C/C=N\N(CCCNC(=O)OC(C)(C)C)C(C)OC(C)(C)C.